The zero-order chi connectivity index (χ0) is 24.1. The predicted molar refractivity (Wildman–Crippen MR) is 111 cm³/mol. The van der Waals surface area contributed by atoms with Crippen LogP contribution in [-0.2, 0) is 14.3 Å². The number of carbonyl (C=O) groups is 3. The molecule has 0 spiro atoms. The van der Waals surface area contributed by atoms with Crippen LogP contribution in [0.2, 0.25) is 0 Å². The molecule has 176 valence electrons. The number of anilines is 1. The van der Waals surface area contributed by atoms with E-state index in [4.69, 9.17) is 9.47 Å². The first-order chi connectivity index (χ1) is 15.7. The minimum atomic E-state index is -1.38. The molecule has 1 aliphatic heterocycles. The molecular formula is C22H22F3N3O5. The van der Waals surface area contributed by atoms with E-state index < -0.39 is 59.4 Å². The monoisotopic (exact) mass is 465 g/mol. The van der Waals surface area contributed by atoms with Crippen molar-refractivity contribution in [3.63, 3.8) is 0 Å². The van der Waals surface area contributed by atoms with Crippen LogP contribution in [0.4, 0.5) is 23.7 Å². The number of carbonyl (C=O) groups excluding carboxylic acids is 3. The third kappa shape index (κ3) is 5.54. The lowest BCUT2D eigenvalue weighted by molar-refractivity contribution is -0.147. The molecule has 2 aromatic rings. The van der Waals surface area contributed by atoms with Crippen LogP contribution in [-0.4, -0.2) is 55.7 Å². The molecule has 1 saturated heterocycles. The van der Waals surface area contributed by atoms with Crippen molar-refractivity contribution in [2.24, 2.45) is 0 Å². The summed E-state index contributed by atoms with van der Waals surface area (Å²) in [6, 6.07) is 4.57. The first kappa shape index (κ1) is 23.9. The third-order valence-electron chi connectivity index (χ3n) is 5.07. The molecule has 2 N–H and O–H groups in total. The third-order valence-corrected chi connectivity index (χ3v) is 5.07. The van der Waals surface area contributed by atoms with Gasteiger partial charge in [-0.3, -0.25) is 9.59 Å². The molecule has 8 nitrogen and oxygen atoms in total. The van der Waals surface area contributed by atoms with Crippen molar-refractivity contribution < 1.29 is 37.0 Å². The van der Waals surface area contributed by atoms with Crippen LogP contribution in [0.15, 0.2) is 36.4 Å². The van der Waals surface area contributed by atoms with E-state index in [1.54, 1.807) is 6.92 Å². The van der Waals surface area contributed by atoms with Gasteiger partial charge in [0.2, 0.25) is 5.91 Å². The number of hydrogen-bond acceptors (Lipinski definition) is 5. The molecule has 3 rings (SSSR count). The fourth-order valence-electron chi connectivity index (χ4n) is 3.60. The van der Waals surface area contributed by atoms with Crippen LogP contribution in [0.5, 0.6) is 5.75 Å². The zero-order valence-corrected chi connectivity index (χ0v) is 17.9. The number of ether oxygens (including phenoxy) is 2. The maximum Gasteiger partial charge on any atom is 0.325 e. The number of halogens is 3. The number of rotatable bonds is 7. The number of hydrogen-bond donors (Lipinski definition) is 2. The second-order valence-corrected chi connectivity index (χ2v) is 7.22. The number of nitrogens with zero attached hydrogens (tertiary/aromatic N) is 1. The van der Waals surface area contributed by atoms with E-state index in [1.165, 1.54) is 19.2 Å². The highest BCUT2D eigenvalue weighted by atomic mass is 19.1. The van der Waals surface area contributed by atoms with Crippen molar-refractivity contribution in [2.45, 2.75) is 18.9 Å². The molecule has 3 amide bonds. The van der Waals surface area contributed by atoms with E-state index >= 15 is 0 Å². The molecule has 33 heavy (non-hydrogen) atoms. The van der Waals surface area contributed by atoms with Gasteiger partial charge in [-0.25, -0.2) is 18.0 Å². The topological polar surface area (TPSA) is 97.0 Å². The average molecular weight is 465 g/mol. The standard InChI is InChI=1S/C22H22F3N3O5/c1-3-33-18(29)11-28-10-15(19-16(24)8-14(32-2)9-17(19)25)20(21(28)30)27-22(31)26-13-6-4-12(23)5-7-13/h4-9,15,20H,3,10-11H2,1-2H3,(H2,26,27,31). The maximum absolute atomic E-state index is 14.8. The van der Waals surface area contributed by atoms with Gasteiger partial charge in [0.1, 0.15) is 35.8 Å². The number of likely N-dealkylation sites (tertiary alicyclic amines) is 1. The lowest BCUT2D eigenvalue weighted by Gasteiger charge is -2.20. The Balaban J connectivity index is 1.87. The van der Waals surface area contributed by atoms with Crippen LogP contribution in [0.3, 0.4) is 0 Å². The molecule has 1 fully saturated rings. The van der Waals surface area contributed by atoms with Crippen molar-refractivity contribution in [3.8, 4) is 5.75 Å². The SMILES string of the molecule is CCOC(=O)CN1CC(c2c(F)cc(OC)cc2F)C(NC(=O)Nc2ccc(F)cc2)C1=O. The van der Waals surface area contributed by atoms with E-state index in [-0.39, 0.29) is 24.6 Å². The number of urea groups is 1. The maximum atomic E-state index is 14.8. The Morgan fingerprint density at radius 2 is 1.76 bits per heavy atom. The Kier molecular flexibility index (Phi) is 7.41. The Hall–Kier alpha value is -3.76. The number of esters is 1. The van der Waals surface area contributed by atoms with Gasteiger partial charge in [-0.2, -0.15) is 0 Å². The highest BCUT2D eigenvalue weighted by Gasteiger charge is 2.45. The quantitative estimate of drug-likeness (QED) is 0.613. The summed E-state index contributed by atoms with van der Waals surface area (Å²) in [7, 11) is 1.25. The van der Waals surface area contributed by atoms with Crippen molar-refractivity contribution in [3.05, 3.63) is 59.4 Å². The fourth-order valence-corrected chi connectivity index (χ4v) is 3.60. The van der Waals surface area contributed by atoms with E-state index in [1.807, 2.05) is 0 Å². The summed E-state index contributed by atoms with van der Waals surface area (Å²) in [6.45, 7) is 1.01. The molecule has 2 unspecified atom stereocenters. The van der Waals surface area contributed by atoms with Crippen LogP contribution in [0.1, 0.15) is 18.4 Å². The van der Waals surface area contributed by atoms with Crippen molar-refractivity contribution in [1.82, 2.24) is 10.2 Å². The van der Waals surface area contributed by atoms with E-state index in [0.29, 0.717) is 0 Å². The van der Waals surface area contributed by atoms with Crippen molar-refractivity contribution in [1.29, 1.82) is 0 Å². The molecule has 0 aliphatic carbocycles. The normalized spacial score (nSPS) is 17.6. The summed E-state index contributed by atoms with van der Waals surface area (Å²) in [5.74, 6) is -5.04. The van der Waals surface area contributed by atoms with Gasteiger partial charge in [0.25, 0.3) is 0 Å². The number of benzene rings is 2. The molecule has 0 bridgehead atoms. The Labute approximate surface area is 187 Å². The van der Waals surface area contributed by atoms with Gasteiger partial charge in [0, 0.05) is 35.8 Å². The van der Waals surface area contributed by atoms with Crippen molar-refractivity contribution in [2.75, 3.05) is 32.1 Å². The molecule has 0 radical (unpaired) electrons. The minimum absolute atomic E-state index is 0.0555. The van der Waals surface area contributed by atoms with Gasteiger partial charge in [0.05, 0.1) is 13.7 Å². The molecule has 0 aromatic heterocycles. The highest BCUT2D eigenvalue weighted by molar-refractivity contribution is 5.96. The number of nitrogens with one attached hydrogen (secondary N) is 2. The van der Waals surface area contributed by atoms with Crippen LogP contribution >= 0.6 is 0 Å². The Morgan fingerprint density at radius 1 is 1.12 bits per heavy atom. The minimum Gasteiger partial charge on any atom is -0.497 e. The average Bonchev–Trinajstić information content (AvgIpc) is 3.04. The van der Waals surface area contributed by atoms with Gasteiger partial charge >= 0.3 is 12.0 Å². The second kappa shape index (κ2) is 10.2. The summed E-state index contributed by atoms with van der Waals surface area (Å²) in [4.78, 5) is 38.4. The largest absolute Gasteiger partial charge is 0.497 e. The summed E-state index contributed by atoms with van der Waals surface area (Å²) < 4.78 is 52.3. The molecule has 2 atom stereocenters. The molecule has 1 heterocycles. The second-order valence-electron chi connectivity index (χ2n) is 7.22. The van der Waals surface area contributed by atoms with E-state index in [0.717, 1.165) is 29.2 Å². The van der Waals surface area contributed by atoms with Crippen molar-refractivity contribution >= 4 is 23.6 Å². The van der Waals surface area contributed by atoms with Gasteiger partial charge < -0.3 is 25.0 Å². The Morgan fingerprint density at radius 3 is 2.33 bits per heavy atom. The number of methoxy groups -OCH3 is 1. The molecular weight excluding hydrogens is 443 g/mol. The lowest BCUT2D eigenvalue weighted by Crippen LogP contribution is -2.46. The summed E-state index contributed by atoms with van der Waals surface area (Å²) in [5, 5.41) is 4.83. The van der Waals surface area contributed by atoms with E-state index in [9.17, 15) is 27.6 Å². The number of amides is 3. The highest BCUT2D eigenvalue weighted by Crippen LogP contribution is 2.34. The molecule has 2 aromatic carbocycles. The molecule has 0 saturated carbocycles. The van der Waals surface area contributed by atoms with Crippen LogP contribution in [0, 0.1) is 17.5 Å². The summed E-state index contributed by atoms with van der Waals surface area (Å²) in [6.07, 6.45) is 0. The predicted octanol–water partition coefficient (Wildman–Crippen LogP) is 2.79. The van der Waals surface area contributed by atoms with Gasteiger partial charge in [-0.1, -0.05) is 0 Å². The molecule has 11 heteroatoms. The van der Waals surface area contributed by atoms with Gasteiger partial charge in [-0.15, -0.1) is 0 Å². The Bertz CT molecular complexity index is 1030. The lowest BCUT2D eigenvalue weighted by atomic mass is 9.93. The van der Waals surface area contributed by atoms with E-state index in [2.05, 4.69) is 10.6 Å². The first-order valence-corrected chi connectivity index (χ1v) is 10.0. The summed E-state index contributed by atoms with van der Waals surface area (Å²) >= 11 is 0. The molecule has 1 aliphatic rings. The van der Waals surface area contributed by atoms with Gasteiger partial charge in [0.15, 0.2) is 0 Å². The summed E-state index contributed by atoms with van der Waals surface area (Å²) in [5.41, 5.74) is -0.191. The van der Waals surface area contributed by atoms with Crippen LogP contribution < -0.4 is 15.4 Å². The zero-order valence-electron chi connectivity index (χ0n) is 17.9. The van der Waals surface area contributed by atoms with Gasteiger partial charge in [-0.05, 0) is 31.2 Å². The van der Waals surface area contributed by atoms with Crippen LogP contribution in [0.25, 0.3) is 0 Å². The fraction of sp³-hybridized carbons (Fsp3) is 0.318. The first-order valence-electron chi connectivity index (χ1n) is 10.0. The smallest absolute Gasteiger partial charge is 0.325 e.